The van der Waals surface area contributed by atoms with Gasteiger partial charge in [0.05, 0.1) is 13.7 Å². The summed E-state index contributed by atoms with van der Waals surface area (Å²) >= 11 is 5.81. The Hall–Kier alpha value is -2.60. The molecule has 7 heteroatoms. The second-order valence-corrected chi connectivity index (χ2v) is 5.57. The van der Waals surface area contributed by atoms with Crippen molar-refractivity contribution in [2.24, 2.45) is 0 Å². The van der Waals surface area contributed by atoms with Gasteiger partial charge in [-0.3, -0.25) is 0 Å². The van der Waals surface area contributed by atoms with Crippen LogP contribution in [0.25, 0.3) is 0 Å². The fourth-order valence-corrected chi connectivity index (χ4v) is 2.11. The lowest BCUT2D eigenvalue weighted by Gasteiger charge is -2.17. The smallest absolute Gasteiger partial charge is 0.317 e. The summed E-state index contributed by atoms with van der Waals surface area (Å²) < 4.78 is 16.2. The highest BCUT2D eigenvalue weighted by Crippen LogP contribution is 2.17. The number of carbonyl (C=O) groups excluding carboxylic acids is 1. The van der Waals surface area contributed by atoms with Crippen molar-refractivity contribution in [3.05, 3.63) is 53.6 Å². The highest BCUT2D eigenvalue weighted by atomic mass is 35.5. The lowest BCUT2D eigenvalue weighted by Crippen LogP contribution is -2.44. The maximum atomic E-state index is 11.8. The van der Waals surface area contributed by atoms with Gasteiger partial charge >= 0.3 is 6.03 Å². The number of nitrogens with one attached hydrogen (secondary N) is 2. The summed E-state index contributed by atoms with van der Waals surface area (Å²) in [7, 11) is 1.61. The van der Waals surface area contributed by atoms with Gasteiger partial charge in [-0.1, -0.05) is 11.6 Å². The van der Waals surface area contributed by atoms with Crippen LogP contribution in [0.4, 0.5) is 4.79 Å². The summed E-state index contributed by atoms with van der Waals surface area (Å²) in [4.78, 5) is 11.8. The van der Waals surface area contributed by atoms with Gasteiger partial charge in [0, 0.05) is 5.02 Å². The zero-order valence-electron chi connectivity index (χ0n) is 14.1. The van der Waals surface area contributed by atoms with Crippen molar-refractivity contribution in [3.63, 3.8) is 0 Å². The molecule has 0 saturated carbocycles. The number of methoxy groups -OCH3 is 1. The van der Waals surface area contributed by atoms with Crippen LogP contribution in [0.1, 0.15) is 6.92 Å². The first-order valence-corrected chi connectivity index (χ1v) is 8.18. The third kappa shape index (κ3) is 6.81. The van der Waals surface area contributed by atoms with E-state index in [-0.39, 0.29) is 6.03 Å². The van der Waals surface area contributed by atoms with Gasteiger partial charge in [-0.2, -0.15) is 0 Å². The molecule has 0 aliphatic rings. The van der Waals surface area contributed by atoms with E-state index in [1.165, 1.54) is 0 Å². The van der Waals surface area contributed by atoms with Crippen molar-refractivity contribution in [2.75, 3.05) is 20.3 Å². The van der Waals surface area contributed by atoms with Crippen LogP contribution in [0.3, 0.4) is 0 Å². The van der Waals surface area contributed by atoms with Crippen LogP contribution < -0.4 is 24.8 Å². The number of ether oxygens (including phenoxy) is 3. The molecule has 2 rings (SSSR count). The van der Waals surface area contributed by atoms with Gasteiger partial charge in [0.15, 0.2) is 6.23 Å². The average molecular weight is 365 g/mol. The van der Waals surface area contributed by atoms with Crippen LogP contribution in [0, 0.1) is 0 Å². The van der Waals surface area contributed by atoms with Gasteiger partial charge < -0.3 is 24.8 Å². The summed E-state index contributed by atoms with van der Waals surface area (Å²) in [6.07, 6.45) is -0.483. The average Bonchev–Trinajstić information content (AvgIpc) is 2.61. The third-order valence-corrected chi connectivity index (χ3v) is 3.43. The molecule has 0 heterocycles. The largest absolute Gasteiger partial charge is 0.497 e. The Bertz CT molecular complexity index is 662. The first kappa shape index (κ1) is 18.7. The van der Waals surface area contributed by atoms with E-state index < -0.39 is 6.23 Å². The molecular formula is C18H21ClN2O4. The monoisotopic (exact) mass is 364 g/mol. The Morgan fingerprint density at radius 3 is 2.28 bits per heavy atom. The topological polar surface area (TPSA) is 68.8 Å². The second kappa shape index (κ2) is 9.64. The van der Waals surface area contributed by atoms with Gasteiger partial charge in [-0.15, -0.1) is 0 Å². The molecule has 0 bridgehead atoms. The molecule has 0 aromatic heterocycles. The molecule has 1 unspecified atom stereocenters. The quantitative estimate of drug-likeness (QED) is 0.556. The van der Waals surface area contributed by atoms with Crippen molar-refractivity contribution in [1.29, 1.82) is 0 Å². The minimum Gasteiger partial charge on any atom is -0.497 e. The van der Waals surface area contributed by atoms with Crippen molar-refractivity contribution < 1.29 is 19.0 Å². The molecule has 0 aliphatic heterocycles. The maximum absolute atomic E-state index is 11.8. The van der Waals surface area contributed by atoms with Gasteiger partial charge in [-0.05, 0) is 55.5 Å². The Morgan fingerprint density at radius 1 is 1.04 bits per heavy atom. The summed E-state index contributed by atoms with van der Waals surface area (Å²) in [6, 6.07) is 13.8. The number of urea groups is 1. The lowest BCUT2D eigenvalue weighted by atomic mass is 10.3. The number of rotatable bonds is 8. The Morgan fingerprint density at radius 2 is 1.64 bits per heavy atom. The van der Waals surface area contributed by atoms with E-state index in [1.807, 2.05) is 12.1 Å². The highest BCUT2D eigenvalue weighted by Gasteiger charge is 2.08. The van der Waals surface area contributed by atoms with Gasteiger partial charge in [0.2, 0.25) is 0 Å². The highest BCUT2D eigenvalue weighted by molar-refractivity contribution is 6.30. The Balaban J connectivity index is 1.63. The number of halogens is 1. The number of carbonyl (C=O) groups is 1. The van der Waals surface area contributed by atoms with Crippen LogP contribution in [0.2, 0.25) is 5.02 Å². The molecule has 0 aliphatic carbocycles. The van der Waals surface area contributed by atoms with Crippen molar-refractivity contribution in [3.8, 4) is 17.2 Å². The molecule has 0 fully saturated rings. The van der Waals surface area contributed by atoms with Crippen molar-refractivity contribution in [2.45, 2.75) is 13.2 Å². The van der Waals surface area contributed by atoms with E-state index in [0.29, 0.717) is 29.7 Å². The van der Waals surface area contributed by atoms with E-state index in [1.54, 1.807) is 50.4 Å². The first-order chi connectivity index (χ1) is 12.1. The Labute approximate surface area is 152 Å². The maximum Gasteiger partial charge on any atom is 0.317 e. The van der Waals surface area contributed by atoms with Gasteiger partial charge in [-0.25, -0.2) is 4.79 Å². The van der Waals surface area contributed by atoms with Crippen LogP contribution in [-0.4, -0.2) is 32.5 Å². The van der Waals surface area contributed by atoms with E-state index in [2.05, 4.69) is 10.6 Å². The minimum absolute atomic E-state index is 0.334. The van der Waals surface area contributed by atoms with Crippen LogP contribution in [0.15, 0.2) is 48.5 Å². The fourth-order valence-electron chi connectivity index (χ4n) is 1.99. The first-order valence-electron chi connectivity index (χ1n) is 7.80. The zero-order valence-corrected chi connectivity index (χ0v) is 14.9. The van der Waals surface area contributed by atoms with Gasteiger partial charge in [0.25, 0.3) is 0 Å². The van der Waals surface area contributed by atoms with Crippen molar-refractivity contribution in [1.82, 2.24) is 10.6 Å². The van der Waals surface area contributed by atoms with Gasteiger partial charge in [0.1, 0.15) is 23.9 Å². The molecule has 2 aromatic carbocycles. The molecule has 0 saturated heterocycles. The Kier molecular flexibility index (Phi) is 7.22. The van der Waals surface area contributed by atoms with E-state index in [4.69, 9.17) is 25.8 Å². The zero-order chi connectivity index (χ0) is 18.1. The molecule has 25 heavy (non-hydrogen) atoms. The molecule has 1 atom stereocenters. The number of hydrogen-bond acceptors (Lipinski definition) is 4. The second-order valence-electron chi connectivity index (χ2n) is 5.14. The molecule has 0 spiro atoms. The molecule has 2 amide bonds. The number of amides is 2. The van der Waals surface area contributed by atoms with Crippen LogP contribution in [0.5, 0.6) is 17.2 Å². The van der Waals surface area contributed by atoms with Crippen LogP contribution >= 0.6 is 11.6 Å². The summed E-state index contributed by atoms with van der Waals surface area (Å²) in [6.45, 7) is 2.46. The van der Waals surface area contributed by atoms with E-state index >= 15 is 0 Å². The molecule has 134 valence electrons. The summed E-state index contributed by atoms with van der Waals surface area (Å²) in [5.74, 6) is 2.10. The van der Waals surface area contributed by atoms with Crippen molar-refractivity contribution >= 4 is 17.6 Å². The SMILES string of the molecule is COc1ccc(OCCNC(=O)NC(C)Oc2ccc(Cl)cc2)cc1. The number of hydrogen-bond donors (Lipinski definition) is 2. The molecule has 6 nitrogen and oxygen atoms in total. The predicted molar refractivity (Wildman–Crippen MR) is 96.6 cm³/mol. The molecule has 2 aromatic rings. The molecule has 0 radical (unpaired) electrons. The molecule has 2 N–H and O–H groups in total. The normalized spacial score (nSPS) is 11.3. The number of benzene rings is 2. The van der Waals surface area contributed by atoms with E-state index in [0.717, 1.165) is 5.75 Å². The minimum atomic E-state index is -0.483. The van der Waals surface area contributed by atoms with Crippen LogP contribution in [-0.2, 0) is 0 Å². The van der Waals surface area contributed by atoms with E-state index in [9.17, 15) is 4.79 Å². The third-order valence-electron chi connectivity index (χ3n) is 3.18. The fraction of sp³-hybridized carbons (Fsp3) is 0.278. The summed E-state index contributed by atoms with van der Waals surface area (Å²) in [5.41, 5.74) is 0. The summed E-state index contributed by atoms with van der Waals surface area (Å²) in [5, 5.41) is 6.01. The molecular weight excluding hydrogens is 344 g/mol. The predicted octanol–water partition coefficient (Wildman–Crippen LogP) is 3.45. The standard InChI is InChI=1S/C18H21ClN2O4/c1-13(25-17-5-3-14(19)4-6-17)21-18(22)20-11-12-24-16-9-7-15(23-2)8-10-16/h3-10,13H,11-12H2,1-2H3,(H2,20,21,22). The lowest BCUT2D eigenvalue weighted by molar-refractivity contribution is 0.176.